The lowest BCUT2D eigenvalue weighted by Crippen LogP contribution is -2.66. The first kappa shape index (κ1) is 40.6. The molecular formula is C40H73NO5Si4. The van der Waals surface area contributed by atoms with E-state index in [1.54, 1.807) is 0 Å². The quantitative estimate of drug-likeness (QED) is 0.114. The van der Waals surface area contributed by atoms with Gasteiger partial charge in [0.1, 0.15) is 17.9 Å². The van der Waals surface area contributed by atoms with Gasteiger partial charge in [-0.15, -0.1) is 0 Å². The van der Waals surface area contributed by atoms with E-state index in [0.29, 0.717) is 43.0 Å². The maximum atomic E-state index is 7.65. The molecule has 9 atom stereocenters. The van der Waals surface area contributed by atoms with Gasteiger partial charge in [-0.05, 0) is 165 Å². The number of fused-ring (bicyclic) bond motifs is 5. The molecule has 0 amide bonds. The molecule has 0 unspecified atom stereocenters. The molecule has 0 aliphatic heterocycles. The van der Waals surface area contributed by atoms with Crippen LogP contribution >= 0.6 is 0 Å². The molecule has 0 saturated heterocycles. The molecule has 4 saturated carbocycles. The van der Waals surface area contributed by atoms with Crippen LogP contribution in [0, 0.1) is 34.5 Å². The molecule has 1 aromatic rings. The summed E-state index contributed by atoms with van der Waals surface area (Å²) in [4.78, 5) is 6.29. The first-order valence-corrected chi connectivity index (χ1v) is 33.5. The molecule has 0 spiro atoms. The summed E-state index contributed by atoms with van der Waals surface area (Å²) in [6, 6.07) is 10.4. The molecule has 5 rings (SSSR count). The zero-order valence-electron chi connectivity index (χ0n) is 34.4. The van der Waals surface area contributed by atoms with Crippen LogP contribution < -0.4 is 0 Å². The van der Waals surface area contributed by atoms with E-state index < -0.39 is 38.9 Å². The van der Waals surface area contributed by atoms with Crippen molar-refractivity contribution < 1.29 is 22.5 Å². The maximum Gasteiger partial charge on any atom is 0.185 e. The topological polar surface area (TPSA) is 58.5 Å². The van der Waals surface area contributed by atoms with E-state index in [1.165, 1.54) is 32.1 Å². The highest BCUT2D eigenvalue weighted by molar-refractivity contribution is 6.71. The van der Waals surface area contributed by atoms with Gasteiger partial charge in [-0.25, -0.2) is 0 Å². The van der Waals surface area contributed by atoms with E-state index in [9.17, 15) is 0 Å². The summed E-state index contributed by atoms with van der Waals surface area (Å²) in [5, 5.41) is 5.09. The van der Waals surface area contributed by atoms with Gasteiger partial charge in [0, 0.05) is 17.6 Å². The van der Waals surface area contributed by atoms with Gasteiger partial charge in [-0.3, -0.25) is 0 Å². The highest BCUT2D eigenvalue weighted by Crippen LogP contribution is 2.70. The molecule has 6 nitrogen and oxygen atoms in total. The van der Waals surface area contributed by atoms with Gasteiger partial charge in [0.25, 0.3) is 0 Å². The van der Waals surface area contributed by atoms with Gasteiger partial charge in [-0.1, -0.05) is 49.3 Å². The standard InChI is InChI=1S/C40H73NO5Si4/c1-38-24-22-32(44-48(6,7)8)26-31(38)20-21-33-34-23-25-40(46-50(12,13)14,39(34,2)27-35(37(33)38)45-49(9,10)11)36(29-43-47(3,4)5)41-42-28-30-18-16-15-17-19-30/h15-19,31-35,37H,20-29H2,1-14H3/b41-36+/t31-,32-,33+,34+,35+,37-,38+,39+,40+/m1/s1. The Morgan fingerprint density at radius 3 is 2.02 bits per heavy atom. The minimum absolute atomic E-state index is 0.141. The van der Waals surface area contributed by atoms with Crippen molar-refractivity contribution in [3.05, 3.63) is 35.9 Å². The first-order chi connectivity index (χ1) is 22.9. The minimum atomic E-state index is -2.06. The summed E-state index contributed by atoms with van der Waals surface area (Å²) < 4.78 is 28.6. The van der Waals surface area contributed by atoms with Crippen LogP contribution in [0.3, 0.4) is 0 Å². The molecule has 4 aliphatic rings. The second kappa shape index (κ2) is 14.6. The summed E-state index contributed by atoms with van der Waals surface area (Å²) in [5.74, 6) is 2.43. The number of benzene rings is 1. The molecular weight excluding hydrogens is 687 g/mol. The molecule has 50 heavy (non-hydrogen) atoms. The summed E-state index contributed by atoms with van der Waals surface area (Å²) >= 11 is 0. The van der Waals surface area contributed by atoms with Crippen molar-refractivity contribution in [3.8, 4) is 0 Å². The second-order valence-electron chi connectivity index (χ2n) is 20.9. The number of oxime groups is 1. The number of hydrogen-bond donors (Lipinski definition) is 0. The molecule has 284 valence electrons. The molecule has 10 heteroatoms. The molecule has 1 aromatic carbocycles. The molecule has 4 aliphatic carbocycles. The van der Waals surface area contributed by atoms with Gasteiger partial charge in [0.15, 0.2) is 33.3 Å². The van der Waals surface area contributed by atoms with Crippen LogP contribution in [0.5, 0.6) is 0 Å². The average Bonchev–Trinajstić information content (AvgIpc) is 3.24. The van der Waals surface area contributed by atoms with Crippen LogP contribution in [0.1, 0.15) is 70.8 Å². The maximum absolute atomic E-state index is 7.65. The van der Waals surface area contributed by atoms with Crippen molar-refractivity contribution in [1.29, 1.82) is 0 Å². The van der Waals surface area contributed by atoms with Crippen molar-refractivity contribution in [1.82, 2.24) is 0 Å². The molecule has 0 bridgehead atoms. The second-order valence-corrected chi connectivity index (χ2v) is 38.7. The fourth-order valence-electron chi connectivity index (χ4n) is 11.0. The predicted molar refractivity (Wildman–Crippen MR) is 219 cm³/mol. The zero-order chi connectivity index (χ0) is 37.0. The number of hydrogen-bond acceptors (Lipinski definition) is 6. The summed E-state index contributed by atoms with van der Waals surface area (Å²) in [7, 11) is -7.39. The zero-order valence-corrected chi connectivity index (χ0v) is 38.4. The van der Waals surface area contributed by atoms with E-state index in [-0.39, 0.29) is 16.9 Å². The van der Waals surface area contributed by atoms with Crippen molar-refractivity contribution in [2.75, 3.05) is 6.61 Å². The predicted octanol–water partition coefficient (Wildman–Crippen LogP) is 11.1. The fraction of sp³-hybridized carbons (Fsp3) is 0.825. The summed E-state index contributed by atoms with van der Waals surface area (Å²) in [5.41, 5.74) is 1.67. The Bertz CT molecular complexity index is 1330. The Labute approximate surface area is 310 Å². The van der Waals surface area contributed by atoms with Gasteiger partial charge in [0.2, 0.25) is 0 Å². The largest absolute Gasteiger partial charge is 0.415 e. The van der Waals surface area contributed by atoms with Gasteiger partial charge >= 0.3 is 0 Å². The SMILES string of the molecule is C[C@]12CC[C@@H](O[Si](C)(C)C)C[C@H]1CC[C@@H]1[C@@H]2[C@@H](O[Si](C)(C)C)C[C@@]2(C)[C@H]1CC[C@]2(O[Si](C)(C)C)/C(CO[Si](C)(C)C)=N/OCc1ccccc1. The Morgan fingerprint density at radius 1 is 0.760 bits per heavy atom. The summed E-state index contributed by atoms with van der Waals surface area (Å²) in [6.07, 6.45) is 10.0. The Hall–Kier alpha value is -0.602. The lowest BCUT2D eigenvalue weighted by molar-refractivity contribution is -0.183. The Kier molecular flexibility index (Phi) is 11.8. The van der Waals surface area contributed by atoms with E-state index in [4.69, 9.17) is 27.7 Å². The highest BCUT2D eigenvalue weighted by atomic mass is 28.4. The van der Waals surface area contributed by atoms with E-state index in [1.807, 2.05) is 6.07 Å². The van der Waals surface area contributed by atoms with Crippen LogP contribution in [0.15, 0.2) is 35.5 Å². The molecule has 4 fully saturated rings. The average molecular weight is 760 g/mol. The Morgan fingerprint density at radius 2 is 1.42 bits per heavy atom. The van der Waals surface area contributed by atoms with E-state index >= 15 is 0 Å². The van der Waals surface area contributed by atoms with E-state index in [0.717, 1.165) is 30.5 Å². The molecule has 0 N–H and O–H groups in total. The van der Waals surface area contributed by atoms with Crippen molar-refractivity contribution in [3.63, 3.8) is 0 Å². The number of nitrogens with zero attached hydrogens (tertiary/aromatic N) is 1. The third kappa shape index (κ3) is 9.01. The van der Waals surface area contributed by atoms with Crippen LogP contribution in [-0.2, 0) is 29.1 Å². The van der Waals surface area contributed by atoms with Gasteiger partial charge in [-0.2, -0.15) is 0 Å². The highest BCUT2D eigenvalue weighted by Gasteiger charge is 2.70. The van der Waals surface area contributed by atoms with Crippen molar-refractivity contribution in [2.24, 2.45) is 39.7 Å². The minimum Gasteiger partial charge on any atom is -0.415 e. The lowest BCUT2D eigenvalue weighted by Gasteiger charge is -2.65. The Balaban J connectivity index is 1.56. The van der Waals surface area contributed by atoms with Gasteiger partial charge < -0.3 is 22.5 Å². The molecule has 0 radical (unpaired) electrons. The monoisotopic (exact) mass is 759 g/mol. The smallest absolute Gasteiger partial charge is 0.185 e. The van der Waals surface area contributed by atoms with E-state index in [2.05, 4.69) is 117 Å². The van der Waals surface area contributed by atoms with Crippen molar-refractivity contribution in [2.45, 2.75) is 168 Å². The third-order valence-electron chi connectivity index (χ3n) is 12.5. The van der Waals surface area contributed by atoms with Crippen molar-refractivity contribution >= 4 is 39.0 Å². The fourth-order valence-corrected chi connectivity index (χ4v) is 15.4. The number of rotatable bonds is 13. The first-order valence-electron chi connectivity index (χ1n) is 19.9. The van der Waals surface area contributed by atoms with Crippen LogP contribution in [0.2, 0.25) is 78.6 Å². The normalized spacial score (nSPS) is 36.8. The molecule has 0 aromatic heterocycles. The van der Waals surface area contributed by atoms with Crippen LogP contribution in [-0.4, -0.2) is 63.4 Å². The lowest BCUT2D eigenvalue weighted by atomic mass is 9.43. The van der Waals surface area contributed by atoms with Gasteiger partial charge in [0.05, 0.1) is 6.61 Å². The molecule has 0 heterocycles. The summed E-state index contributed by atoms with van der Waals surface area (Å²) in [6.45, 7) is 34.2. The van der Waals surface area contributed by atoms with Crippen LogP contribution in [0.25, 0.3) is 0 Å². The third-order valence-corrected chi connectivity index (χ3v) is 16.5. The van der Waals surface area contributed by atoms with Crippen LogP contribution in [0.4, 0.5) is 0 Å².